The molecule has 1 saturated carbocycles. The van der Waals surface area contributed by atoms with Gasteiger partial charge in [0.2, 0.25) is 5.91 Å². The number of benzene rings is 1. The van der Waals surface area contributed by atoms with E-state index in [1.165, 1.54) is 24.0 Å². The molecule has 2 rings (SSSR count). The number of nitriles is 1. The van der Waals surface area contributed by atoms with Gasteiger partial charge in [0.15, 0.2) is 0 Å². The third-order valence-electron chi connectivity index (χ3n) is 4.20. The Morgan fingerprint density at radius 2 is 1.91 bits per heavy atom. The maximum Gasteiger partial charge on any atom is 0.236 e. The molecule has 22 heavy (non-hydrogen) atoms. The summed E-state index contributed by atoms with van der Waals surface area (Å²) in [6.45, 7) is 3.94. The van der Waals surface area contributed by atoms with Crippen LogP contribution in [-0.4, -0.2) is 41.9 Å². The van der Waals surface area contributed by atoms with E-state index >= 15 is 0 Å². The van der Waals surface area contributed by atoms with Gasteiger partial charge in [0.05, 0.1) is 19.0 Å². The second-order valence-corrected chi connectivity index (χ2v) is 6.03. The molecule has 0 atom stereocenters. The molecular weight excluding hydrogens is 274 g/mol. The molecule has 4 nitrogen and oxygen atoms in total. The number of amides is 1. The smallest absolute Gasteiger partial charge is 0.236 e. The van der Waals surface area contributed by atoms with Crippen molar-refractivity contribution in [1.82, 2.24) is 9.80 Å². The molecule has 0 radical (unpaired) electrons. The lowest BCUT2D eigenvalue weighted by Crippen LogP contribution is -2.39. The first-order chi connectivity index (χ1) is 10.6. The van der Waals surface area contributed by atoms with Crippen LogP contribution in [0.15, 0.2) is 24.3 Å². The largest absolute Gasteiger partial charge is 0.344 e. The molecule has 0 aromatic heterocycles. The fourth-order valence-electron chi connectivity index (χ4n) is 2.51. The highest BCUT2D eigenvalue weighted by Gasteiger charge is 2.30. The van der Waals surface area contributed by atoms with Crippen molar-refractivity contribution in [3.8, 4) is 6.07 Å². The van der Waals surface area contributed by atoms with Crippen LogP contribution in [0.2, 0.25) is 0 Å². The van der Waals surface area contributed by atoms with E-state index in [1.807, 2.05) is 0 Å². The first kappa shape index (κ1) is 16.5. The van der Waals surface area contributed by atoms with Crippen molar-refractivity contribution in [3.05, 3.63) is 35.4 Å². The van der Waals surface area contributed by atoms with Gasteiger partial charge in [-0.1, -0.05) is 31.2 Å². The molecule has 0 N–H and O–H groups in total. The zero-order valence-electron chi connectivity index (χ0n) is 13.6. The van der Waals surface area contributed by atoms with Crippen LogP contribution in [0.5, 0.6) is 0 Å². The Kier molecular flexibility index (Phi) is 5.97. The minimum atomic E-state index is 0.104. The van der Waals surface area contributed by atoms with Gasteiger partial charge < -0.3 is 4.90 Å². The predicted octanol–water partition coefficient (Wildman–Crippen LogP) is 2.59. The molecule has 1 aromatic carbocycles. The van der Waals surface area contributed by atoms with Crippen molar-refractivity contribution in [2.75, 3.05) is 20.1 Å². The number of carbonyl (C=O) groups excluding carboxylic acids is 1. The SMILES string of the molecule is CCc1ccc(CN(CC(=O)N(C)CCC#N)C2CC2)cc1. The Morgan fingerprint density at radius 1 is 1.27 bits per heavy atom. The molecule has 0 saturated heterocycles. The summed E-state index contributed by atoms with van der Waals surface area (Å²) in [5, 5.41) is 8.62. The van der Waals surface area contributed by atoms with Gasteiger partial charge in [-0.05, 0) is 30.4 Å². The van der Waals surface area contributed by atoms with Crippen molar-refractivity contribution in [2.45, 2.75) is 45.2 Å². The van der Waals surface area contributed by atoms with E-state index in [2.05, 4.69) is 42.2 Å². The second-order valence-electron chi connectivity index (χ2n) is 6.03. The molecule has 1 aliphatic rings. The molecule has 0 spiro atoms. The first-order valence-corrected chi connectivity index (χ1v) is 8.06. The average Bonchev–Trinajstić information content (AvgIpc) is 3.37. The number of rotatable bonds is 8. The van der Waals surface area contributed by atoms with E-state index < -0.39 is 0 Å². The number of hydrogen-bond donors (Lipinski definition) is 0. The van der Waals surface area contributed by atoms with Crippen LogP contribution >= 0.6 is 0 Å². The summed E-state index contributed by atoms with van der Waals surface area (Å²) in [6, 6.07) is 11.3. The fourth-order valence-corrected chi connectivity index (χ4v) is 2.51. The Morgan fingerprint density at radius 3 is 2.45 bits per heavy atom. The molecule has 1 amide bonds. The standard InChI is InChI=1S/C18H25N3O/c1-3-15-5-7-16(8-6-15)13-21(17-9-10-17)14-18(22)20(2)12-4-11-19/h5-8,17H,3-4,9-10,12-14H2,1-2H3. The van der Waals surface area contributed by atoms with Gasteiger partial charge in [0.1, 0.15) is 0 Å². The Balaban J connectivity index is 1.92. The Labute approximate surface area is 133 Å². The summed E-state index contributed by atoms with van der Waals surface area (Å²) in [6.07, 6.45) is 3.81. The minimum absolute atomic E-state index is 0.104. The van der Waals surface area contributed by atoms with Gasteiger partial charge in [-0.15, -0.1) is 0 Å². The average molecular weight is 299 g/mol. The summed E-state index contributed by atoms with van der Waals surface area (Å²) < 4.78 is 0. The van der Waals surface area contributed by atoms with Crippen LogP contribution < -0.4 is 0 Å². The summed E-state index contributed by atoms with van der Waals surface area (Å²) in [4.78, 5) is 16.2. The molecule has 1 aliphatic carbocycles. The number of nitrogens with zero attached hydrogens (tertiary/aromatic N) is 3. The van der Waals surface area contributed by atoms with E-state index in [0.29, 0.717) is 25.6 Å². The van der Waals surface area contributed by atoms with Crippen molar-refractivity contribution < 1.29 is 4.79 Å². The number of likely N-dealkylation sites (N-methyl/N-ethyl adjacent to an activating group) is 1. The van der Waals surface area contributed by atoms with Gasteiger partial charge in [0.25, 0.3) is 0 Å². The molecule has 0 unspecified atom stereocenters. The van der Waals surface area contributed by atoms with Gasteiger partial charge in [-0.3, -0.25) is 9.69 Å². The van der Waals surface area contributed by atoms with Crippen LogP contribution in [0.4, 0.5) is 0 Å². The van der Waals surface area contributed by atoms with E-state index in [4.69, 9.17) is 5.26 Å². The summed E-state index contributed by atoms with van der Waals surface area (Å²) >= 11 is 0. The summed E-state index contributed by atoms with van der Waals surface area (Å²) in [7, 11) is 1.78. The highest BCUT2D eigenvalue weighted by atomic mass is 16.2. The normalized spacial score (nSPS) is 13.9. The molecule has 118 valence electrons. The van der Waals surface area contributed by atoms with E-state index in [1.54, 1.807) is 11.9 Å². The maximum absolute atomic E-state index is 12.3. The highest BCUT2D eigenvalue weighted by molar-refractivity contribution is 5.78. The van der Waals surface area contributed by atoms with E-state index in [0.717, 1.165) is 13.0 Å². The topological polar surface area (TPSA) is 47.3 Å². The number of hydrogen-bond acceptors (Lipinski definition) is 3. The Hall–Kier alpha value is -1.86. The van der Waals surface area contributed by atoms with Crippen molar-refractivity contribution in [2.24, 2.45) is 0 Å². The maximum atomic E-state index is 12.3. The zero-order chi connectivity index (χ0) is 15.9. The third kappa shape index (κ3) is 4.85. The lowest BCUT2D eigenvalue weighted by atomic mass is 10.1. The van der Waals surface area contributed by atoms with Gasteiger partial charge in [-0.2, -0.15) is 5.26 Å². The van der Waals surface area contributed by atoms with Crippen LogP contribution in [0.25, 0.3) is 0 Å². The number of carbonyl (C=O) groups is 1. The third-order valence-corrected chi connectivity index (χ3v) is 4.20. The minimum Gasteiger partial charge on any atom is -0.344 e. The van der Waals surface area contributed by atoms with Crippen molar-refractivity contribution in [1.29, 1.82) is 5.26 Å². The lowest BCUT2D eigenvalue weighted by Gasteiger charge is -2.24. The van der Waals surface area contributed by atoms with E-state index in [-0.39, 0.29) is 5.91 Å². The summed E-state index contributed by atoms with van der Waals surface area (Å²) in [5.74, 6) is 0.104. The Bertz CT molecular complexity index is 528. The summed E-state index contributed by atoms with van der Waals surface area (Å²) in [5.41, 5.74) is 2.60. The van der Waals surface area contributed by atoms with Crippen LogP contribution in [-0.2, 0) is 17.8 Å². The fraction of sp³-hybridized carbons (Fsp3) is 0.556. The molecule has 0 bridgehead atoms. The monoisotopic (exact) mass is 299 g/mol. The van der Waals surface area contributed by atoms with Crippen LogP contribution in [0, 0.1) is 11.3 Å². The molecule has 1 fully saturated rings. The molecule has 4 heteroatoms. The van der Waals surface area contributed by atoms with Gasteiger partial charge in [-0.25, -0.2) is 0 Å². The molecule has 1 aromatic rings. The zero-order valence-corrected chi connectivity index (χ0v) is 13.6. The second kappa shape index (κ2) is 7.95. The van der Waals surface area contributed by atoms with Gasteiger partial charge in [0, 0.05) is 26.2 Å². The molecular formula is C18H25N3O. The predicted molar refractivity (Wildman–Crippen MR) is 87.1 cm³/mol. The van der Waals surface area contributed by atoms with Gasteiger partial charge >= 0.3 is 0 Å². The highest BCUT2D eigenvalue weighted by Crippen LogP contribution is 2.28. The lowest BCUT2D eigenvalue weighted by molar-refractivity contribution is -0.131. The molecule has 0 aliphatic heterocycles. The van der Waals surface area contributed by atoms with Crippen molar-refractivity contribution >= 4 is 5.91 Å². The molecule has 0 heterocycles. The number of aryl methyl sites for hydroxylation is 1. The van der Waals surface area contributed by atoms with E-state index in [9.17, 15) is 4.79 Å². The van der Waals surface area contributed by atoms with Crippen molar-refractivity contribution in [3.63, 3.8) is 0 Å². The quantitative estimate of drug-likeness (QED) is 0.741. The van der Waals surface area contributed by atoms with Crippen LogP contribution in [0.3, 0.4) is 0 Å². The first-order valence-electron chi connectivity index (χ1n) is 8.06. The van der Waals surface area contributed by atoms with Crippen LogP contribution in [0.1, 0.15) is 37.3 Å².